The highest BCUT2D eigenvalue weighted by atomic mass is 16.6. The summed E-state index contributed by atoms with van der Waals surface area (Å²) in [6.07, 6.45) is 42.1. The minimum Gasteiger partial charge on any atom is -0.462 e. The predicted octanol–water partition coefficient (Wildman–Crippen LogP) is 13.9. The molecule has 51 heavy (non-hydrogen) atoms. The van der Waals surface area contributed by atoms with E-state index in [1.54, 1.807) is 0 Å². The van der Waals surface area contributed by atoms with E-state index in [4.69, 9.17) is 14.2 Å². The van der Waals surface area contributed by atoms with Crippen molar-refractivity contribution in [2.45, 2.75) is 245 Å². The first kappa shape index (κ1) is 49.1. The highest BCUT2D eigenvalue weighted by molar-refractivity contribution is 5.71. The van der Waals surface area contributed by atoms with Crippen molar-refractivity contribution in [1.29, 1.82) is 0 Å². The molecule has 0 aliphatic carbocycles. The van der Waals surface area contributed by atoms with Crippen molar-refractivity contribution in [1.82, 2.24) is 0 Å². The van der Waals surface area contributed by atoms with Gasteiger partial charge in [-0.3, -0.25) is 14.4 Å². The number of carbonyl (C=O) groups is 3. The third-order valence-corrected chi connectivity index (χ3v) is 9.75. The first-order valence-corrected chi connectivity index (χ1v) is 22.2. The van der Waals surface area contributed by atoms with Gasteiger partial charge in [-0.05, 0) is 38.5 Å². The van der Waals surface area contributed by atoms with Crippen molar-refractivity contribution in [3.63, 3.8) is 0 Å². The molecule has 0 aromatic heterocycles. The molecule has 1 unspecified atom stereocenters. The van der Waals surface area contributed by atoms with E-state index >= 15 is 0 Å². The van der Waals surface area contributed by atoms with Gasteiger partial charge in [-0.25, -0.2) is 0 Å². The summed E-state index contributed by atoms with van der Waals surface area (Å²) in [4.78, 5) is 37.5. The van der Waals surface area contributed by atoms with Crippen LogP contribution in [0.3, 0.4) is 0 Å². The van der Waals surface area contributed by atoms with Gasteiger partial charge >= 0.3 is 17.9 Å². The average Bonchev–Trinajstić information content (AvgIpc) is 3.12. The Balaban J connectivity index is 4.23. The molecule has 0 N–H and O–H groups in total. The molecule has 6 heteroatoms. The van der Waals surface area contributed by atoms with Crippen LogP contribution in [-0.4, -0.2) is 37.2 Å². The highest BCUT2D eigenvalue weighted by Gasteiger charge is 2.19. The summed E-state index contributed by atoms with van der Waals surface area (Å²) in [6.45, 7) is 6.53. The maximum Gasteiger partial charge on any atom is 0.306 e. The van der Waals surface area contributed by atoms with E-state index in [9.17, 15) is 14.4 Å². The molecule has 6 nitrogen and oxygen atoms in total. The highest BCUT2D eigenvalue weighted by Crippen LogP contribution is 2.15. The molecule has 0 aliphatic rings. The van der Waals surface area contributed by atoms with Crippen molar-refractivity contribution in [2.24, 2.45) is 0 Å². The van der Waals surface area contributed by atoms with Gasteiger partial charge in [-0.1, -0.05) is 193 Å². The van der Waals surface area contributed by atoms with Gasteiger partial charge in [0.2, 0.25) is 0 Å². The van der Waals surface area contributed by atoms with Crippen molar-refractivity contribution in [3.8, 4) is 0 Å². The summed E-state index contributed by atoms with van der Waals surface area (Å²) < 4.78 is 16.6. The molecule has 0 fully saturated rings. The maximum atomic E-state index is 12.6. The SMILES string of the molecule is CCC/C=C\CCCCCCCC(=O)OC(COC(=O)CCCCCCCCC)COC(=O)CCCCCCCCCCCCCCCCCC. The maximum absolute atomic E-state index is 12.6. The molecule has 1 atom stereocenters. The standard InChI is InChI=1S/C45H84O6/c1-4-7-10-13-16-18-20-21-22-23-24-25-27-29-32-35-38-44(47)50-41-42(40-49-43(46)37-34-31-28-15-12-9-6-3)51-45(48)39-36-33-30-26-19-17-14-11-8-5-2/h11,14,42H,4-10,12-13,15-41H2,1-3H3/b14-11-. The Bertz CT molecular complexity index is 794. The van der Waals surface area contributed by atoms with Crippen LogP contribution in [0.1, 0.15) is 239 Å². The second-order valence-corrected chi connectivity index (χ2v) is 15.0. The summed E-state index contributed by atoms with van der Waals surface area (Å²) >= 11 is 0. The van der Waals surface area contributed by atoms with E-state index in [-0.39, 0.29) is 31.1 Å². The quantitative estimate of drug-likeness (QED) is 0.0271. The lowest BCUT2D eigenvalue weighted by atomic mass is 10.0. The second-order valence-electron chi connectivity index (χ2n) is 15.0. The van der Waals surface area contributed by atoms with Crippen LogP contribution < -0.4 is 0 Å². The molecule has 0 saturated heterocycles. The van der Waals surface area contributed by atoms with E-state index in [1.807, 2.05) is 0 Å². The van der Waals surface area contributed by atoms with Crippen LogP contribution in [0, 0.1) is 0 Å². The minimum atomic E-state index is -0.764. The molecule has 0 saturated carbocycles. The Morgan fingerprint density at radius 1 is 0.373 bits per heavy atom. The normalized spacial score (nSPS) is 12.0. The Morgan fingerprint density at radius 3 is 1.06 bits per heavy atom. The van der Waals surface area contributed by atoms with E-state index in [1.165, 1.54) is 122 Å². The van der Waals surface area contributed by atoms with E-state index in [0.29, 0.717) is 19.3 Å². The van der Waals surface area contributed by atoms with Crippen LogP contribution >= 0.6 is 0 Å². The lowest BCUT2D eigenvalue weighted by Crippen LogP contribution is -2.30. The molecule has 0 aromatic carbocycles. The van der Waals surface area contributed by atoms with Gasteiger partial charge in [0.25, 0.3) is 0 Å². The van der Waals surface area contributed by atoms with E-state index in [0.717, 1.165) is 77.0 Å². The van der Waals surface area contributed by atoms with Crippen LogP contribution in [0.4, 0.5) is 0 Å². The Kier molecular flexibility index (Phi) is 39.4. The molecular formula is C45H84O6. The van der Waals surface area contributed by atoms with Crippen molar-refractivity contribution >= 4 is 17.9 Å². The van der Waals surface area contributed by atoms with E-state index < -0.39 is 6.10 Å². The zero-order valence-electron chi connectivity index (χ0n) is 34.1. The first-order valence-electron chi connectivity index (χ1n) is 22.2. The van der Waals surface area contributed by atoms with Gasteiger partial charge in [-0.15, -0.1) is 0 Å². The van der Waals surface area contributed by atoms with Gasteiger partial charge in [0.15, 0.2) is 6.10 Å². The van der Waals surface area contributed by atoms with Crippen molar-refractivity contribution in [2.75, 3.05) is 13.2 Å². The Morgan fingerprint density at radius 2 is 0.686 bits per heavy atom. The number of hydrogen-bond donors (Lipinski definition) is 0. The van der Waals surface area contributed by atoms with Gasteiger partial charge in [0.1, 0.15) is 13.2 Å². The summed E-state index contributed by atoms with van der Waals surface area (Å²) in [7, 11) is 0. The van der Waals surface area contributed by atoms with Gasteiger partial charge in [-0.2, -0.15) is 0 Å². The fourth-order valence-electron chi connectivity index (χ4n) is 6.39. The fourth-order valence-corrected chi connectivity index (χ4v) is 6.39. The van der Waals surface area contributed by atoms with Gasteiger partial charge in [0.05, 0.1) is 0 Å². The molecule has 300 valence electrons. The lowest BCUT2D eigenvalue weighted by molar-refractivity contribution is -0.167. The van der Waals surface area contributed by atoms with E-state index in [2.05, 4.69) is 32.9 Å². The molecule has 0 aromatic rings. The molecule has 0 amide bonds. The third-order valence-electron chi connectivity index (χ3n) is 9.75. The van der Waals surface area contributed by atoms with Crippen LogP contribution in [0.15, 0.2) is 12.2 Å². The zero-order chi connectivity index (χ0) is 37.3. The van der Waals surface area contributed by atoms with Crippen molar-refractivity contribution < 1.29 is 28.6 Å². The summed E-state index contributed by atoms with van der Waals surface area (Å²) in [5, 5.41) is 0. The Hall–Kier alpha value is -1.85. The van der Waals surface area contributed by atoms with Gasteiger partial charge in [0, 0.05) is 19.3 Å². The molecule has 0 radical (unpaired) electrons. The zero-order valence-corrected chi connectivity index (χ0v) is 34.1. The monoisotopic (exact) mass is 721 g/mol. The topological polar surface area (TPSA) is 78.9 Å². The average molecular weight is 721 g/mol. The van der Waals surface area contributed by atoms with Gasteiger partial charge < -0.3 is 14.2 Å². The number of carbonyl (C=O) groups excluding carboxylic acids is 3. The van der Waals surface area contributed by atoms with Crippen LogP contribution in [0.2, 0.25) is 0 Å². The molecular weight excluding hydrogens is 636 g/mol. The minimum absolute atomic E-state index is 0.0698. The van der Waals surface area contributed by atoms with Crippen molar-refractivity contribution in [3.05, 3.63) is 12.2 Å². The van der Waals surface area contributed by atoms with Crippen LogP contribution in [0.25, 0.3) is 0 Å². The Labute approximate surface area is 316 Å². The second kappa shape index (κ2) is 40.9. The fraction of sp³-hybridized carbons (Fsp3) is 0.889. The lowest BCUT2D eigenvalue weighted by Gasteiger charge is -2.18. The number of hydrogen-bond acceptors (Lipinski definition) is 6. The number of unbranched alkanes of at least 4 members (excludes halogenated alkanes) is 27. The summed E-state index contributed by atoms with van der Waals surface area (Å²) in [5.74, 6) is -0.881. The number of ether oxygens (including phenoxy) is 3. The van der Waals surface area contributed by atoms with Crippen LogP contribution in [0.5, 0.6) is 0 Å². The molecule has 0 bridgehead atoms. The number of allylic oxidation sites excluding steroid dienone is 2. The number of rotatable bonds is 40. The number of esters is 3. The third kappa shape index (κ3) is 39.2. The van der Waals surface area contributed by atoms with Crippen LogP contribution in [-0.2, 0) is 28.6 Å². The predicted molar refractivity (Wildman–Crippen MR) is 215 cm³/mol. The molecule has 0 heterocycles. The molecule has 0 rings (SSSR count). The smallest absolute Gasteiger partial charge is 0.306 e. The molecule has 0 spiro atoms. The summed E-state index contributed by atoms with van der Waals surface area (Å²) in [6, 6.07) is 0. The first-order chi connectivity index (χ1) is 25.0. The largest absolute Gasteiger partial charge is 0.462 e. The molecule has 0 aliphatic heterocycles. The summed E-state index contributed by atoms with van der Waals surface area (Å²) in [5.41, 5.74) is 0.